The number of ether oxygens (including phenoxy) is 1. The third kappa shape index (κ3) is 5.36. The van der Waals surface area contributed by atoms with Crippen LogP contribution < -0.4 is 5.32 Å². The van der Waals surface area contributed by atoms with Gasteiger partial charge in [0.25, 0.3) is 0 Å². The van der Waals surface area contributed by atoms with Gasteiger partial charge in [-0.25, -0.2) is 9.97 Å². The smallest absolute Gasteiger partial charge is 0.128 e. The number of aromatic nitrogens is 2. The Kier molecular flexibility index (Phi) is 6.58. The molecule has 2 rings (SSSR count). The Morgan fingerprint density at radius 2 is 2.29 bits per heavy atom. The van der Waals surface area contributed by atoms with Gasteiger partial charge in [-0.15, -0.1) is 0 Å². The number of hydrogen-bond acceptors (Lipinski definition) is 4. The van der Waals surface area contributed by atoms with Crippen molar-refractivity contribution in [3.8, 4) is 0 Å². The number of hydrogen-bond donors (Lipinski definition) is 1. The third-order valence-corrected chi connectivity index (χ3v) is 4.04. The van der Waals surface area contributed by atoms with Gasteiger partial charge in [-0.3, -0.25) is 0 Å². The minimum absolute atomic E-state index is 0.721. The number of aryl methyl sites for hydroxylation is 2. The molecule has 1 unspecified atom stereocenters. The normalized spacial score (nSPS) is 18.0. The minimum Gasteiger partial charge on any atom is -0.385 e. The number of rotatable bonds is 8. The van der Waals surface area contributed by atoms with Crippen molar-refractivity contribution in [1.29, 1.82) is 0 Å². The number of methoxy groups -OCH3 is 1. The SMILES string of the molecule is COCCCc1ncc2c(n1)CCC(CNCC(C)C)C2. The average Bonchev–Trinajstić information content (AvgIpc) is 2.47. The molecule has 0 bridgehead atoms. The van der Waals surface area contributed by atoms with Crippen LogP contribution in [0.15, 0.2) is 6.20 Å². The average molecular weight is 291 g/mol. The maximum absolute atomic E-state index is 5.08. The van der Waals surface area contributed by atoms with Gasteiger partial charge in [-0.05, 0) is 56.2 Å². The van der Waals surface area contributed by atoms with E-state index in [9.17, 15) is 0 Å². The van der Waals surface area contributed by atoms with Gasteiger partial charge in [0, 0.05) is 32.0 Å². The summed E-state index contributed by atoms with van der Waals surface area (Å²) in [7, 11) is 1.74. The van der Waals surface area contributed by atoms with Crippen LogP contribution in [0, 0.1) is 11.8 Å². The largest absolute Gasteiger partial charge is 0.385 e. The predicted molar refractivity (Wildman–Crippen MR) is 85.5 cm³/mol. The van der Waals surface area contributed by atoms with Crippen molar-refractivity contribution < 1.29 is 4.74 Å². The van der Waals surface area contributed by atoms with E-state index in [-0.39, 0.29) is 0 Å². The molecule has 1 aliphatic rings. The van der Waals surface area contributed by atoms with Crippen LogP contribution in [0.3, 0.4) is 0 Å². The molecule has 0 radical (unpaired) electrons. The fourth-order valence-electron chi connectivity index (χ4n) is 2.87. The van der Waals surface area contributed by atoms with Crippen LogP contribution in [0.1, 0.15) is 43.8 Å². The van der Waals surface area contributed by atoms with E-state index in [4.69, 9.17) is 9.72 Å². The molecular formula is C17H29N3O. The lowest BCUT2D eigenvalue weighted by molar-refractivity contribution is 0.194. The highest BCUT2D eigenvalue weighted by molar-refractivity contribution is 5.21. The summed E-state index contributed by atoms with van der Waals surface area (Å²) in [5.41, 5.74) is 2.63. The molecule has 0 fully saturated rings. The van der Waals surface area contributed by atoms with Gasteiger partial charge < -0.3 is 10.1 Å². The third-order valence-electron chi connectivity index (χ3n) is 4.04. The molecule has 4 heteroatoms. The van der Waals surface area contributed by atoms with Gasteiger partial charge >= 0.3 is 0 Å². The van der Waals surface area contributed by atoms with Gasteiger partial charge in [-0.1, -0.05) is 13.8 Å². The van der Waals surface area contributed by atoms with Gasteiger partial charge in [0.1, 0.15) is 5.82 Å². The Hall–Kier alpha value is -1.00. The van der Waals surface area contributed by atoms with Crippen molar-refractivity contribution in [2.75, 3.05) is 26.8 Å². The summed E-state index contributed by atoms with van der Waals surface area (Å²) < 4.78 is 5.08. The minimum atomic E-state index is 0.721. The molecule has 4 nitrogen and oxygen atoms in total. The molecule has 0 aliphatic heterocycles. The predicted octanol–water partition coefficient (Wildman–Crippen LogP) is 2.41. The Bertz CT molecular complexity index is 434. The van der Waals surface area contributed by atoms with E-state index in [2.05, 4.69) is 30.3 Å². The summed E-state index contributed by atoms with van der Waals surface area (Å²) in [5, 5.41) is 3.58. The monoisotopic (exact) mass is 291 g/mol. The fraction of sp³-hybridized carbons (Fsp3) is 0.765. The summed E-state index contributed by atoms with van der Waals surface area (Å²) >= 11 is 0. The fourth-order valence-corrected chi connectivity index (χ4v) is 2.87. The van der Waals surface area contributed by atoms with Crippen LogP contribution in [-0.2, 0) is 24.0 Å². The summed E-state index contributed by atoms with van der Waals surface area (Å²) in [4.78, 5) is 9.26. The molecule has 0 saturated heterocycles. The van der Waals surface area contributed by atoms with Crippen molar-refractivity contribution in [3.63, 3.8) is 0 Å². The second-order valence-electron chi connectivity index (χ2n) is 6.52. The molecule has 0 spiro atoms. The standard InChI is InChI=1S/C17H29N3O/c1-13(2)10-18-11-14-6-7-16-15(9-14)12-19-17(20-16)5-4-8-21-3/h12-14,18H,4-11H2,1-3H3. The molecule has 1 heterocycles. The van der Waals surface area contributed by atoms with Gasteiger partial charge in [0.05, 0.1) is 0 Å². The molecule has 1 aliphatic carbocycles. The topological polar surface area (TPSA) is 47.0 Å². The van der Waals surface area contributed by atoms with Crippen LogP contribution in [0.5, 0.6) is 0 Å². The zero-order valence-corrected chi connectivity index (χ0v) is 13.7. The van der Waals surface area contributed by atoms with Crippen LogP contribution in [0.25, 0.3) is 0 Å². The quantitative estimate of drug-likeness (QED) is 0.747. The highest BCUT2D eigenvalue weighted by Gasteiger charge is 2.20. The highest BCUT2D eigenvalue weighted by Crippen LogP contribution is 2.23. The second kappa shape index (κ2) is 8.44. The Morgan fingerprint density at radius 3 is 3.05 bits per heavy atom. The summed E-state index contributed by atoms with van der Waals surface area (Å²) in [6.07, 6.45) is 7.44. The number of nitrogens with zero attached hydrogens (tertiary/aromatic N) is 2. The summed E-state index contributed by atoms with van der Waals surface area (Å²) in [6.45, 7) is 7.51. The van der Waals surface area contributed by atoms with E-state index in [0.29, 0.717) is 0 Å². The van der Waals surface area contributed by atoms with Crippen LogP contribution in [0.4, 0.5) is 0 Å². The van der Waals surface area contributed by atoms with E-state index in [1.807, 2.05) is 0 Å². The first-order chi connectivity index (χ1) is 10.2. The Labute approximate surface area is 128 Å². The lowest BCUT2D eigenvalue weighted by Crippen LogP contribution is -2.30. The van der Waals surface area contributed by atoms with Crippen molar-refractivity contribution in [1.82, 2.24) is 15.3 Å². The van der Waals surface area contributed by atoms with Gasteiger partial charge in [-0.2, -0.15) is 0 Å². The van der Waals surface area contributed by atoms with Crippen molar-refractivity contribution in [3.05, 3.63) is 23.3 Å². The second-order valence-corrected chi connectivity index (χ2v) is 6.52. The zero-order valence-electron chi connectivity index (χ0n) is 13.7. The maximum Gasteiger partial charge on any atom is 0.128 e. The molecule has 118 valence electrons. The Balaban J connectivity index is 1.84. The number of nitrogens with one attached hydrogen (secondary N) is 1. The molecule has 21 heavy (non-hydrogen) atoms. The Morgan fingerprint density at radius 1 is 1.43 bits per heavy atom. The zero-order chi connectivity index (χ0) is 15.1. The summed E-state index contributed by atoms with van der Waals surface area (Å²) in [6, 6.07) is 0. The number of fused-ring (bicyclic) bond motifs is 1. The first-order valence-corrected chi connectivity index (χ1v) is 8.22. The van der Waals surface area contributed by atoms with Crippen LogP contribution in [-0.4, -0.2) is 36.8 Å². The van der Waals surface area contributed by atoms with E-state index in [1.54, 1.807) is 7.11 Å². The molecule has 1 aromatic rings. The maximum atomic E-state index is 5.08. The lowest BCUT2D eigenvalue weighted by Gasteiger charge is -2.24. The molecule has 0 saturated carbocycles. The van der Waals surface area contributed by atoms with Crippen LogP contribution >= 0.6 is 0 Å². The van der Waals surface area contributed by atoms with E-state index < -0.39 is 0 Å². The molecule has 1 N–H and O–H groups in total. The highest BCUT2D eigenvalue weighted by atomic mass is 16.5. The van der Waals surface area contributed by atoms with E-state index in [1.165, 1.54) is 17.7 Å². The lowest BCUT2D eigenvalue weighted by atomic mass is 9.87. The molecule has 0 amide bonds. The summed E-state index contributed by atoms with van der Waals surface area (Å²) in [5.74, 6) is 2.43. The first kappa shape index (κ1) is 16.4. The van der Waals surface area contributed by atoms with Crippen molar-refractivity contribution in [2.24, 2.45) is 11.8 Å². The molecule has 1 atom stereocenters. The van der Waals surface area contributed by atoms with Gasteiger partial charge in [0.2, 0.25) is 0 Å². The van der Waals surface area contributed by atoms with Gasteiger partial charge in [0.15, 0.2) is 0 Å². The van der Waals surface area contributed by atoms with Crippen LogP contribution in [0.2, 0.25) is 0 Å². The van der Waals surface area contributed by atoms with E-state index in [0.717, 1.165) is 63.0 Å². The molecule has 1 aromatic heterocycles. The first-order valence-electron chi connectivity index (χ1n) is 8.22. The van der Waals surface area contributed by atoms with Crippen molar-refractivity contribution >= 4 is 0 Å². The van der Waals surface area contributed by atoms with Crippen molar-refractivity contribution in [2.45, 2.75) is 46.0 Å². The van der Waals surface area contributed by atoms with E-state index >= 15 is 0 Å². The molecular weight excluding hydrogens is 262 g/mol. The molecule has 0 aromatic carbocycles.